The van der Waals surface area contributed by atoms with Crippen LogP contribution in [0.25, 0.3) is 5.69 Å². The van der Waals surface area contributed by atoms with Crippen molar-refractivity contribution in [2.24, 2.45) is 5.92 Å². The Bertz CT molecular complexity index is 860. The lowest BCUT2D eigenvalue weighted by atomic mass is 9.96. The van der Waals surface area contributed by atoms with Crippen LogP contribution in [0, 0.1) is 12.8 Å². The second-order valence-electron chi connectivity index (χ2n) is 7.28. The standard InChI is InChI=1S/C21H28ClN5O3/c1-3-30-14-4-11-23-20(28)16-9-12-26(13-10-16)21(29)19-24-15(2)27(25-19)18-7-5-17(22)6-8-18/h5-8,16H,3-4,9-14H2,1-2H3,(H,23,28). The number of halogens is 1. The number of hydrogen-bond acceptors (Lipinski definition) is 5. The number of piperidine rings is 1. The molecule has 3 rings (SSSR count). The predicted molar refractivity (Wildman–Crippen MR) is 114 cm³/mol. The van der Waals surface area contributed by atoms with E-state index in [0.29, 0.717) is 56.5 Å². The van der Waals surface area contributed by atoms with Gasteiger partial charge in [-0.05, 0) is 57.4 Å². The molecule has 0 atom stereocenters. The second kappa shape index (κ2) is 10.5. The van der Waals surface area contributed by atoms with Crippen LogP contribution in [0.1, 0.15) is 42.6 Å². The third-order valence-electron chi connectivity index (χ3n) is 5.15. The van der Waals surface area contributed by atoms with Crippen LogP contribution in [-0.2, 0) is 9.53 Å². The molecule has 2 heterocycles. The number of aromatic nitrogens is 3. The summed E-state index contributed by atoms with van der Waals surface area (Å²) in [6, 6.07) is 7.20. The molecule has 1 aliphatic rings. The van der Waals surface area contributed by atoms with Crippen LogP contribution < -0.4 is 5.32 Å². The number of carbonyl (C=O) groups excluding carboxylic acids is 2. The first-order chi connectivity index (χ1) is 14.5. The Labute approximate surface area is 181 Å². The fourth-order valence-electron chi connectivity index (χ4n) is 3.47. The molecule has 0 unspecified atom stereocenters. The quantitative estimate of drug-likeness (QED) is 0.646. The SMILES string of the molecule is CCOCCCNC(=O)C1CCN(C(=O)c2nc(C)n(-c3ccc(Cl)cc3)n2)CC1. The second-order valence-corrected chi connectivity index (χ2v) is 7.72. The topological polar surface area (TPSA) is 89.4 Å². The zero-order valence-corrected chi connectivity index (χ0v) is 18.2. The van der Waals surface area contributed by atoms with Gasteiger partial charge in [0.05, 0.1) is 5.69 Å². The van der Waals surface area contributed by atoms with Crippen molar-refractivity contribution in [3.8, 4) is 5.69 Å². The van der Waals surface area contributed by atoms with E-state index < -0.39 is 0 Å². The number of nitrogens with zero attached hydrogens (tertiary/aromatic N) is 4. The van der Waals surface area contributed by atoms with Gasteiger partial charge in [-0.25, -0.2) is 9.67 Å². The number of hydrogen-bond donors (Lipinski definition) is 1. The molecule has 0 saturated carbocycles. The van der Waals surface area contributed by atoms with Gasteiger partial charge in [-0.15, -0.1) is 5.10 Å². The maximum Gasteiger partial charge on any atom is 0.293 e. The number of likely N-dealkylation sites (tertiary alicyclic amines) is 1. The van der Waals surface area contributed by atoms with Gasteiger partial charge in [0.25, 0.3) is 5.91 Å². The highest BCUT2D eigenvalue weighted by atomic mass is 35.5. The molecule has 9 heteroatoms. The first kappa shape index (κ1) is 22.2. The van der Waals surface area contributed by atoms with E-state index in [9.17, 15) is 9.59 Å². The zero-order valence-electron chi connectivity index (χ0n) is 17.4. The van der Waals surface area contributed by atoms with Crippen LogP contribution in [0.5, 0.6) is 0 Å². The minimum absolute atomic E-state index is 0.0552. The van der Waals surface area contributed by atoms with Crippen molar-refractivity contribution in [2.75, 3.05) is 32.8 Å². The van der Waals surface area contributed by atoms with Gasteiger partial charge in [0.1, 0.15) is 5.82 Å². The van der Waals surface area contributed by atoms with Crippen molar-refractivity contribution >= 4 is 23.4 Å². The third-order valence-corrected chi connectivity index (χ3v) is 5.41. The zero-order chi connectivity index (χ0) is 21.5. The lowest BCUT2D eigenvalue weighted by molar-refractivity contribution is -0.126. The number of benzene rings is 1. The Morgan fingerprint density at radius 3 is 2.60 bits per heavy atom. The van der Waals surface area contributed by atoms with Crippen molar-refractivity contribution < 1.29 is 14.3 Å². The molecule has 1 aromatic heterocycles. The van der Waals surface area contributed by atoms with Gasteiger partial charge in [-0.2, -0.15) is 0 Å². The fourth-order valence-corrected chi connectivity index (χ4v) is 3.59. The van der Waals surface area contributed by atoms with Crippen LogP contribution in [-0.4, -0.2) is 64.3 Å². The van der Waals surface area contributed by atoms with E-state index in [1.165, 1.54) is 0 Å². The minimum atomic E-state index is -0.207. The van der Waals surface area contributed by atoms with E-state index >= 15 is 0 Å². The Hall–Kier alpha value is -2.45. The Kier molecular flexibility index (Phi) is 7.81. The maximum absolute atomic E-state index is 12.9. The van der Waals surface area contributed by atoms with Gasteiger partial charge >= 0.3 is 0 Å². The van der Waals surface area contributed by atoms with Crippen LogP contribution in [0.2, 0.25) is 5.02 Å². The van der Waals surface area contributed by atoms with Crippen LogP contribution in [0.4, 0.5) is 0 Å². The minimum Gasteiger partial charge on any atom is -0.382 e. The lowest BCUT2D eigenvalue weighted by Gasteiger charge is -2.30. The number of amides is 2. The molecule has 1 aromatic carbocycles. The van der Waals surface area contributed by atoms with Crippen LogP contribution >= 0.6 is 11.6 Å². The highest BCUT2D eigenvalue weighted by Gasteiger charge is 2.29. The molecule has 1 saturated heterocycles. The van der Waals surface area contributed by atoms with Gasteiger partial charge in [0.15, 0.2) is 0 Å². The number of aryl methyl sites for hydroxylation is 1. The largest absolute Gasteiger partial charge is 0.382 e. The summed E-state index contributed by atoms with van der Waals surface area (Å²) in [4.78, 5) is 31.2. The Morgan fingerprint density at radius 1 is 1.23 bits per heavy atom. The van der Waals surface area contributed by atoms with Crippen LogP contribution in [0.15, 0.2) is 24.3 Å². The Balaban J connectivity index is 1.52. The number of carbonyl (C=O) groups is 2. The van der Waals surface area contributed by atoms with Crippen molar-refractivity contribution in [3.05, 3.63) is 40.9 Å². The summed E-state index contributed by atoms with van der Waals surface area (Å²) in [6.07, 6.45) is 2.08. The molecule has 30 heavy (non-hydrogen) atoms. The number of rotatable bonds is 8. The smallest absolute Gasteiger partial charge is 0.293 e. The molecule has 0 spiro atoms. The monoisotopic (exact) mass is 433 g/mol. The first-order valence-corrected chi connectivity index (χ1v) is 10.7. The molecule has 2 amide bonds. The van der Waals surface area contributed by atoms with E-state index in [2.05, 4.69) is 15.4 Å². The summed E-state index contributed by atoms with van der Waals surface area (Å²) in [5, 5.41) is 7.98. The Morgan fingerprint density at radius 2 is 1.93 bits per heavy atom. The molecule has 162 valence electrons. The van der Waals surface area contributed by atoms with Gasteiger partial charge in [-0.3, -0.25) is 9.59 Å². The molecule has 2 aromatic rings. The van der Waals surface area contributed by atoms with E-state index in [1.807, 2.05) is 19.1 Å². The lowest BCUT2D eigenvalue weighted by Crippen LogP contribution is -2.43. The van der Waals surface area contributed by atoms with E-state index in [-0.39, 0.29) is 23.6 Å². The predicted octanol–water partition coefficient (Wildman–Crippen LogP) is 2.62. The van der Waals surface area contributed by atoms with E-state index in [4.69, 9.17) is 16.3 Å². The van der Waals surface area contributed by atoms with Gasteiger partial charge < -0.3 is 15.0 Å². The summed E-state index contributed by atoms with van der Waals surface area (Å²) in [6.45, 7) is 6.75. The molecule has 1 aliphatic heterocycles. The van der Waals surface area contributed by atoms with Gasteiger partial charge in [0, 0.05) is 43.8 Å². The van der Waals surface area contributed by atoms with Crippen LogP contribution in [0.3, 0.4) is 0 Å². The van der Waals surface area contributed by atoms with E-state index in [1.54, 1.807) is 28.6 Å². The summed E-state index contributed by atoms with van der Waals surface area (Å²) in [5.41, 5.74) is 0.795. The molecule has 1 fully saturated rings. The molecule has 0 bridgehead atoms. The van der Waals surface area contributed by atoms with Crippen molar-refractivity contribution in [1.82, 2.24) is 25.0 Å². The summed E-state index contributed by atoms with van der Waals surface area (Å²) in [7, 11) is 0. The molecule has 0 aliphatic carbocycles. The average Bonchev–Trinajstić information content (AvgIpc) is 3.15. The summed E-state index contributed by atoms with van der Waals surface area (Å²) >= 11 is 5.94. The normalized spacial score (nSPS) is 14.7. The fraction of sp³-hybridized carbons (Fsp3) is 0.524. The summed E-state index contributed by atoms with van der Waals surface area (Å²) in [5.74, 6) is 0.576. The van der Waals surface area contributed by atoms with Crippen molar-refractivity contribution in [3.63, 3.8) is 0 Å². The highest BCUT2D eigenvalue weighted by Crippen LogP contribution is 2.20. The highest BCUT2D eigenvalue weighted by molar-refractivity contribution is 6.30. The average molecular weight is 434 g/mol. The molecule has 8 nitrogen and oxygen atoms in total. The molecular weight excluding hydrogens is 406 g/mol. The molecular formula is C21H28ClN5O3. The van der Waals surface area contributed by atoms with Crippen molar-refractivity contribution in [2.45, 2.75) is 33.1 Å². The first-order valence-electron chi connectivity index (χ1n) is 10.3. The molecule has 1 N–H and O–H groups in total. The number of ether oxygens (including phenoxy) is 1. The number of nitrogens with one attached hydrogen (secondary N) is 1. The van der Waals surface area contributed by atoms with Gasteiger partial charge in [0.2, 0.25) is 11.7 Å². The molecule has 0 radical (unpaired) electrons. The van der Waals surface area contributed by atoms with Crippen molar-refractivity contribution in [1.29, 1.82) is 0 Å². The summed E-state index contributed by atoms with van der Waals surface area (Å²) < 4.78 is 6.90. The maximum atomic E-state index is 12.9. The van der Waals surface area contributed by atoms with E-state index in [0.717, 1.165) is 12.1 Å². The third kappa shape index (κ3) is 5.58. The van der Waals surface area contributed by atoms with Gasteiger partial charge in [-0.1, -0.05) is 11.6 Å².